The Labute approximate surface area is 177 Å². The summed E-state index contributed by atoms with van der Waals surface area (Å²) in [5, 5.41) is 0. The minimum absolute atomic E-state index is 0.272. The summed E-state index contributed by atoms with van der Waals surface area (Å²) in [5.74, 6) is -1.56. The van der Waals surface area contributed by atoms with Crippen molar-refractivity contribution in [2.75, 3.05) is 13.2 Å². The average molecular weight is 411 g/mol. The highest BCUT2D eigenvalue weighted by atomic mass is 16.5. The number of hydrogen-bond donors (Lipinski definition) is 0. The number of likely N-dealkylation sites (tertiary alicyclic amines) is 1. The van der Waals surface area contributed by atoms with Crippen LogP contribution < -0.4 is 0 Å². The lowest BCUT2D eigenvalue weighted by atomic mass is 9.81. The molecular formula is C24H29NO5. The topological polar surface area (TPSA) is 80.8 Å². The molecule has 6 heteroatoms. The number of ketones is 1. The molecule has 0 spiro atoms. The fourth-order valence-corrected chi connectivity index (χ4v) is 5.17. The van der Waals surface area contributed by atoms with Crippen molar-refractivity contribution in [3.05, 3.63) is 35.4 Å². The van der Waals surface area contributed by atoms with E-state index in [0.29, 0.717) is 24.3 Å². The van der Waals surface area contributed by atoms with Gasteiger partial charge in [0.1, 0.15) is 6.54 Å². The third kappa shape index (κ3) is 4.32. The van der Waals surface area contributed by atoms with E-state index in [2.05, 4.69) is 0 Å². The molecule has 0 unspecified atom stereocenters. The monoisotopic (exact) mass is 411 g/mol. The van der Waals surface area contributed by atoms with Crippen molar-refractivity contribution in [2.24, 2.45) is 11.8 Å². The van der Waals surface area contributed by atoms with Crippen molar-refractivity contribution in [2.45, 2.75) is 63.7 Å². The van der Waals surface area contributed by atoms with Crippen LogP contribution in [0, 0.1) is 11.8 Å². The summed E-state index contributed by atoms with van der Waals surface area (Å²) in [6.07, 6.45) is 9.48. The Morgan fingerprint density at radius 3 is 2.00 bits per heavy atom. The first kappa shape index (κ1) is 20.8. The normalized spacial score (nSPS) is 24.6. The Morgan fingerprint density at radius 2 is 1.40 bits per heavy atom. The first-order valence-corrected chi connectivity index (χ1v) is 11.2. The second-order valence-corrected chi connectivity index (χ2v) is 8.80. The molecule has 0 N–H and O–H groups in total. The minimum Gasteiger partial charge on any atom is -0.456 e. The Balaban J connectivity index is 1.28. The summed E-state index contributed by atoms with van der Waals surface area (Å²) in [6.45, 7) is -0.788. The Bertz CT molecular complexity index is 801. The standard InChI is InChI=1S/C24H29NO5/c26-21(18-12-10-17(11-13-18)16-6-2-1-3-7-16)15-30-22(27)14-25-23(28)19-8-4-5-9-20(19)24(25)29/h10-13,16,19-20H,1-9,14-15H2/t19-,20-/m1/s1. The van der Waals surface area contributed by atoms with Crippen LogP contribution >= 0.6 is 0 Å². The maximum Gasteiger partial charge on any atom is 0.326 e. The Kier molecular flexibility index (Phi) is 6.30. The van der Waals surface area contributed by atoms with Gasteiger partial charge in [-0.1, -0.05) is 56.4 Å². The van der Waals surface area contributed by atoms with Gasteiger partial charge in [-0.25, -0.2) is 0 Å². The van der Waals surface area contributed by atoms with Gasteiger partial charge in [0, 0.05) is 5.56 Å². The molecule has 3 aliphatic rings. The van der Waals surface area contributed by atoms with Gasteiger partial charge >= 0.3 is 5.97 Å². The molecule has 1 saturated heterocycles. The predicted octanol–water partition coefficient (Wildman–Crippen LogP) is 3.64. The molecule has 6 nitrogen and oxygen atoms in total. The number of esters is 1. The van der Waals surface area contributed by atoms with Crippen molar-refractivity contribution in [3.8, 4) is 0 Å². The third-order valence-corrected chi connectivity index (χ3v) is 6.89. The molecule has 2 atom stereocenters. The molecule has 1 aromatic rings. The fourth-order valence-electron chi connectivity index (χ4n) is 5.17. The number of carbonyl (C=O) groups is 4. The molecule has 30 heavy (non-hydrogen) atoms. The van der Waals surface area contributed by atoms with Gasteiger partial charge in [-0.3, -0.25) is 24.1 Å². The van der Waals surface area contributed by atoms with Gasteiger partial charge in [0.05, 0.1) is 11.8 Å². The largest absolute Gasteiger partial charge is 0.456 e. The summed E-state index contributed by atoms with van der Waals surface area (Å²) < 4.78 is 5.08. The SMILES string of the molecule is O=C(CN1C(=O)[C@@H]2CCCC[C@H]2C1=O)OCC(=O)c1ccc(C2CCCCC2)cc1. The molecule has 160 valence electrons. The van der Waals surface area contributed by atoms with E-state index in [9.17, 15) is 19.2 Å². The highest BCUT2D eigenvalue weighted by Crippen LogP contribution is 2.38. The fraction of sp³-hybridized carbons (Fsp3) is 0.583. The van der Waals surface area contributed by atoms with Crippen LogP contribution in [0.2, 0.25) is 0 Å². The van der Waals surface area contributed by atoms with Crippen molar-refractivity contribution in [1.29, 1.82) is 0 Å². The maximum atomic E-state index is 12.4. The number of amides is 2. The first-order chi connectivity index (χ1) is 14.5. The lowest BCUT2D eigenvalue weighted by Gasteiger charge is -2.22. The highest BCUT2D eigenvalue weighted by Gasteiger charge is 2.48. The van der Waals surface area contributed by atoms with Crippen molar-refractivity contribution in [1.82, 2.24) is 4.90 Å². The number of imide groups is 1. The zero-order valence-electron chi connectivity index (χ0n) is 17.3. The van der Waals surface area contributed by atoms with Crippen molar-refractivity contribution >= 4 is 23.6 Å². The van der Waals surface area contributed by atoms with E-state index in [1.807, 2.05) is 12.1 Å². The van der Waals surface area contributed by atoms with E-state index >= 15 is 0 Å². The lowest BCUT2D eigenvalue weighted by Crippen LogP contribution is -2.37. The van der Waals surface area contributed by atoms with E-state index in [1.165, 1.54) is 37.7 Å². The van der Waals surface area contributed by atoms with E-state index in [0.717, 1.165) is 17.7 Å². The summed E-state index contributed by atoms with van der Waals surface area (Å²) in [5.41, 5.74) is 1.76. The molecule has 2 aliphatic carbocycles. The molecular weight excluding hydrogens is 382 g/mol. The number of ether oxygens (including phenoxy) is 1. The maximum absolute atomic E-state index is 12.4. The highest BCUT2D eigenvalue weighted by molar-refractivity contribution is 6.07. The molecule has 2 amide bonds. The molecule has 2 saturated carbocycles. The molecule has 3 fully saturated rings. The number of benzene rings is 1. The molecule has 1 aliphatic heterocycles. The second-order valence-electron chi connectivity index (χ2n) is 8.80. The number of fused-ring (bicyclic) bond motifs is 1. The van der Waals surface area contributed by atoms with Gasteiger partial charge < -0.3 is 4.74 Å². The molecule has 0 bridgehead atoms. The van der Waals surface area contributed by atoms with Gasteiger partial charge in [0.2, 0.25) is 11.8 Å². The number of rotatable bonds is 6. The van der Waals surface area contributed by atoms with E-state index in [-0.39, 0.29) is 36.0 Å². The van der Waals surface area contributed by atoms with E-state index < -0.39 is 12.5 Å². The van der Waals surface area contributed by atoms with Crippen LogP contribution in [0.3, 0.4) is 0 Å². The van der Waals surface area contributed by atoms with Gasteiger partial charge in [0.15, 0.2) is 12.4 Å². The van der Waals surface area contributed by atoms with Crippen LogP contribution in [-0.2, 0) is 19.1 Å². The van der Waals surface area contributed by atoms with Crippen LogP contribution in [0.1, 0.15) is 79.6 Å². The molecule has 4 rings (SSSR count). The second kappa shape index (κ2) is 9.11. The van der Waals surface area contributed by atoms with Crippen LogP contribution in [0.4, 0.5) is 0 Å². The number of carbonyl (C=O) groups excluding carboxylic acids is 4. The van der Waals surface area contributed by atoms with Crippen LogP contribution in [0.25, 0.3) is 0 Å². The lowest BCUT2D eigenvalue weighted by molar-refractivity contribution is -0.152. The third-order valence-electron chi connectivity index (χ3n) is 6.89. The van der Waals surface area contributed by atoms with E-state index in [1.54, 1.807) is 12.1 Å². The average Bonchev–Trinajstić information content (AvgIpc) is 3.03. The van der Waals surface area contributed by atoms with Crippen LogP contribution in [0.5, 0.6) is 0 Å². The molecule has 0 radical (unpaired) electrons. The summed E-state index contributed by atoms with van der Waals surface area (Å²) in [6, 6.07) is 7.57. The summed E-state index contributed by atoms with van der Waals surface area (Å²) in [7, 11) is 0. The molecule has 1 aromatic carbocycles. The van der Waals surface area contributed by atoms with Gasteiger partial charge in [0.25, 0.3) is 0 Å². The zero-order valence-corrected chi connectivity index (χ0v) is 17.3. The predicted molar refractivity (Wildman–Crippen MR) is 110 cm³/mol. The van der Waals surface area contributed by atoms with Gasteiger partial charge in [-0.05, 0) is 37.2 Å². The number of hydrogen-bond acceptors (Lipinski definition) is 5. The molecule has 0 aromatic heterocycles. The Hall–Kier alpha value is -2.50. The summed E-state index contributed by atoms with van der Waals surface area (Å²) in [4.78, 5) is 50.5. The van der Waals surface area contributed by atoms with Gasteiger partial charge in [-0.2, -0.15) is 0 Å². The van der Waals surface area contributed by atoms with E-state index in [4.69, 9.17) is 4.74 Å². The quantitative estimate of drug-likeness (QED) is 0.406. The summed E-state index contributed by atoms with van der Waals surface area (Å²) >= 11 is 0. The minimum atomic E-state index is -0.720. The first-order valence-electron chi connectivity index (χ1n) is 11.2. The molecule has 1 heterocycles. The Morgan fingerprint density at radius 1 is 0.833 bits per heavy atom. The van der Waals surface area contributed by atoms with Gasteiger partial charge in [-0.15, -0.1) is 0 Å². The van der Waals surface area contributed by atoms with Crippen LogP contribution in [0.15, 0.2) is 24.3 Å². The number of Topliss-reactive ketones (excluding diaryl/α,β-unsaturated/α-hetero) is 1. The zero-order chi connectivity index (χ0) is 21.1. The smallest absolute Gasteiger partial charge is 0.326 e. The van der Waals surface area contributed by atoms with Crippen molar-refractivity contribution < 1.29 is 23.9 Å². The van der Waals surface area contributed by atoms with Crippen LogP contribution in [-0.4, -0.2) is 41.6 Å². The van der Waals surface area contributed by atoms with Crippen molar-refractivity contribution in [3.63, 3.8) is 0 Å². The number of nitrogens with zero attached hydrogens (tertiary/aromatic N) is 1.